The first-order valence-electron chi connectivity index (χ1n) is 8.36. The maximum absolute atomic E-state index is 12.0. The van der Waals surface area contributed by atoms with Crippen molar-refractivity contribution in [3.63, 3.8) is 0 Å². The van der Waals surface area contributed by atoms with Crippen molar-refractivity contribution in [1.82, 2.24) is 4.98 Å². The standard InChI is InChI=1S/C14H10N2O2.C7H9NO/c17-14(10-4-2-1-3-5-10)16-13-11-7-9-18-12(11)6-8-15-13;1-3-4-7(5-8)6(2)9/h1-9H,(H,15,16,17);4H,3H2,1-2H3/b;7-4+. The van der Waals surface area contributed by atoms with E-state index in [1.54, 1.807) is 42.8 Å². The number of fused-ring (bicyclic) bond motifs is 1. The monoisotopic (exact) mass is 361 g/mol. The third-order valence-electron chi connectivity index (χ3n) is 3.56. The van der Waals surface area contributed by atoms with Crippen molar-refractivity contribution < 1.29 is 14.0 Å². The maximum atomic E-state index is 12.0. The molecule has 2 aromatic heterocycles. The molecule has 0 saturated heterocycles. The van der Waals surface area contributed by atoms with E-state index in [-0.39, 0.29) is 17.3 Å². The molecule has 1 aromatic carbocycles. The van der Waals surface area contributed by atoms with E-state index >= 15 is 0 Å². The summed E-state index contributed by atoms with van der Waals surface area (Å²) in [6.07, 6.45) is 5.54. The Morgan fingerprint density at radius 3 is 2.56 bits per heavy atom. The van der Waals surface area contributed by atoms with E-state index in [0.29, 0.717) is 17.0 Å². The van der Waals surface area contributed by atoms with Crippen LogP contribution in [0.4, 0.5) is 5.82 Å². The molecule has 0 fully saturated rings. The van der Waals surface area contributed by atoms with Crippen molar-refractivity contribution in [3.05, 3.63) is 72.1 Å². The van der Waals surface area contributed by atoms with Crippen molar-refractivity contribution in [2.45, 2.75) is 20.3 Å². The molecule has 3 aromatic rings. The van der Waals surface area contributed by atoms with Crippen LogP contribution in [0.5, 0.6) is 0 Å². The van der Waals surface area contributed by atoms with Crippen LogP contribution in [0.15, 0.2) is 71.0 Å². The Hall–Kier alpha value is -3.72. The highest BCUT2D eigenvalue weighted by Crippen LogP contribution is 2.22. The molecular weight excluding hydrogens is 342 g/mol. The van der Waals surface area contributed by atoms with Gasteiger partial charge in [0, 0.05) is 11.8 Å². The lowest BCUT2D eigenvalue weighted by atomic mass is 10.2. The summed E-state index contributed by atoms with van der Waals surface area (Å²) in [6.45, 7) is 3.28. The topological polar surface area (TPSA) is 96.0 Å². The minimum Gasteiger partial charge on any atom is -0.464 e. The summed E-state index contributed by atoms with van der Waals surface area (Å²) >= 11 is 0. The molecule has 0 radical (unpaired) electrons. The molecule has 0 unspecified atom stereocenters. The van der Waals surface area contributed by atoms with Gasteiger partial charge in [0.1, 0.15) is 17.5 Å². The van der Waals surface area contributed by atoms with E-state index in [1.807, 2.05) is 31.2 Å². The number of Topliss-reactive ketones (excluding diaryl/α,β-unsaturated/α-hetero) is 1. The Morgan fingerprint density at radius 2 is 1.96 bits per heavy atom. The van der Waals surface area contributed by atoms with Crippen molar-refractivity contribution in [1.29, 1.82) is 5.26 Å². The zero-order chi connectivity index (χ0) is 19.6. The smallest absolute Gasteiger partial charge is 0.256 e. The lowest BCUT2D eigenvalue weighted by Gasteiger charge is -2.04. The van der Waals surface area contributed by atoms with Crippen LogP contribution in [0.1, 0.15) is 30.6 Å². The molecule has 0 aliphatic carbocycles. The number of anilines is 1. The van der Waals surface area contributed by atoms with Gasteiger partial charge in [0.15, 0.2) is 5.78 Å². The van der Waals surface area contributed by atoms with Gasteiger partial charge in [-0.25, -0.2) is 4.98 Å². The van der Waals surface area contributed by atoms with Gasteiger partial charge in [-0.15, -0.1) is 0 Å². The number of amides is 1. The number of nitrogens with zero attached hydrogens (tertiary/aromatic N) is 2. The molecule has 136 valence electrons. The highest BCUT2D eigenvalue weighted by atomic mass is 16.3. The molecule has 0 atom stereocenters. The number of aromatic nitrogens is 1. The molecule has 0 bridgehead atoms. The average molecular weight is 361 g/mol. The van der Waals surface area contributed by atoms with E-state index in [1.165, 1.54) is 6.92 Å². The molecule has 0 spiro atoms. The van der Waals surface area contributed by atoms with Gasteiger partial charge >= 0.3 is 0 Å². The van der Waals surface area contributed by atoms with Gasteiger partial charge in [-0.3, -0.25) is 9.59 Å². The van der Waals surface area contributed by atoms with Crippen molar-refractivity contribution >= 4 is 28.5 Å². The minimum absolute atomic E-state index is 0.153. The van der Waals surface area contributed by atoms with Crippen molar-refractivity contribution in [3.8, 4) is 6.07 Å². The molecule has 0 aliphatic rings. The third-order valence-corrected chi connectivity index (χ3v) is 3.56. The summed E-state index contributed by atoms with van der Waals surface area (Å²) in [5, 5.41) is 11.9. The van der Waals surface area contributed by atoms with Crippen LogP contribution in [-0.4, -0.2) is 16.7 Å². The maximum Gasteiger partial charge on any atom is 0.256 e. The summed E-state index contributed by atoms with van der Waals surface area (Å²) < 4.78 is 5.25. The average Bonchev–Trinajstić information content (AvgIpc) is 3.17. The fourth-order valence-electron chi connectivity index (χ4n) is 2.24. The molecule has 0 aliphatic heterocycles. The predicted molar refractivity (Wildman–Crippen MR) is 103 cm³/mol. The van der Waals surface area contributed by atoms with Crippen LogP contribution >= 0.6 is 0 Å². The number of furan rings is 1. The van der Waals surface area contributed by atoms with Crippen LogP contribution in [0.25, 0.3) is 11.0 Å². The summed E-state index contributed by atoms with van der Waals surface area (Å²) in [6, 6.07) is 14.4. The van der Waals surface area contributed by atoms with E-state index in [2.05, 4.69) is 10.3 Å². The number of nitrogens with one attached hydrogen (secondary N) is 1. The summed E-state index contributed by atoms with van der Waals surface area (Å²) in [7, 11) is 0. The number of benzene rings is 1. The highest BCUT2D eigenvalue weighted by molar-refractivity contribution is 6.07. The molecule has 27 heavy (non-hydrogen) atoms. The number of hydrogen-bond acceptors (Lipinski definition) is 5. The fourth-order valence-corrected chi connectivity index (χ4v) is 2.24. The molecule has 1 N–H and O–H groups in total. The van der Waals surface area contributed by atoms with Gasteiger partial charge in [-0.2, -0.15) is 5.26 Å². The van der Waals surface area contributed by atoms with Gasteiger partial charge in [0.05, 0.1) is 17.2 Å². The largest absolute Gasteiger partial charge is 0.464 e. The summed E-state index contributed by atoms with van der Waals surface area (Å²) in [5.74, 6) is 0.172. The lowest BCUT2D eigenvalue weighted by molar-refractivity contribution is -0.113. The Labute approximate surface area is 157 Å². The number of hydrogen-bond donors (Lipinski definition) is 1. The van der Waals surface area contributed by atoms with Crippen molar-refractivity contribution in [2.75, 3.05) is 5.32 Å². The third kappa shape index (κ3) is 5.38. The molecule has 6 nitrogen and oxygen atoms in total. The number of allylic oxidation sites excluding steroid dienone is 2. The summed E-state index contributed by atoms with van der Waals surface area (Å²) in [4.78, 5) is 26.6. The zero-order valence-corrected chi connectivity index (χ0v) is 15.1. The normalized spacial score (nSPS) is 10.5. The van der Waals surface area contributed by atoms with E-state index < -0.39 is 0 Å². The molecule has 0 saturated carbocycles. The second kappa shape index (κ2) is 9.68. The number of nitriles is 1. The van der Waals surface area contributed by atoms with Crippen LogP contribution in [0, 0.1) is 11.3 Å². The number of ketones is 1. The van der Waals surface area contributed by atoms with Crippen LogP contribution < -0.4 is 5.32 Å². The minimum atomic E-state index is -0.184. The highest BCUT2D eigenvalue weighted by Gasteiger charge is 2.09. The van der Waals surface area contributed by atoms with Crippen molar-refractivity contribution in [2.24, 2.45) is 0 Å². The SMILES string of the molecule is CC/C=C(\C#N)C(C)=O.O=C(Nc1nccc2occc12)c1ccccc1. The second-order valence-corrected chi connectivity index (χ2v) is 5.51. The Kier molecular flexibility index (Phi) is 7.03. The second-order valence-electron chi connectivity index (χ2n) is 5.51. The number of carbonyl (C=O) groups excluding carboxylic acids is 2. The lowest BCUT2D eigenvalue weighted by Crippen LogP contribution is -2.12. The first kappa shape index (κ1) is 19.6. The Bertz CT molecular complexity index is 998. The van der Waals surface area contributed by atoms with Gasteiger partial charge < -0.3 is 9.73 Å². The van der Waals surface area contributed by atoms with Gasteiger partial charge in [0.25, 0.3) is 5.91 Å². The number of pyridine rings is 1. The van der Waals surface area contributed by atoms with E-state index in [0.717, 1.165) is 11.8 Å². The number of carbonyl (C=O) groups is 2. The van der Waals surface area contributed by atoms with Crippen LogP contribution in [0.3, 0.4) is 0 Å². The molecule has 2 heterocycles. The fraction of sp³-hybridized carbons (Fsp3) is 0.143. The quantitative estimate of drug-likeness (QED) is 0.544. The zero-order valence-electron chi connectivity index (χ0n) is 15.1. The van der Waals surface area contributed by atoms with E-state index in [4.69, 9.17) is 9.68 Å². The predicted octanol–water partition coefficient (Wildman–Crippen LogP) is 4.52. The summed E-state index contributed by atoms with van der Waals surface area (Å²) in [5.41, 5.74) is 1.56. The Morgan fingerprint density at radius 1 is 1.22 bits per heavy atom. The molecule has 1 amide bonds. The van der Waals surface area contributed by atoms with Gasteiger partial charge in [-0.1, -0.05) is 31.2 Å². The van der Waals surface area contributed by atoms with Gasteiger partial charge in [0.2, 0.25) is 0 Å². The first-order valence-corrected chi connectivity index (χ1v) is 8.36. The molecular formula is C21H19N3O3. The molecule has 3 rings (SSSR count). The van der Waals surface area contributed by atoms with Crippen LogP contribution in [-0.2, 0) is 4.79 Å². The number of rotatable bonds is 4. The van der Waals surface area contributed by atoms with Gasteiger partial charge in [-0.05, 0) is 37.6 Å². The molecule has 6 heteroatoms. The van der Waals surface area contributed by atoms with E-state index in [9.17, 15) is 9.59 Å². The first-order chi connectivity index (χ1) is 13.1. The Balaban J connectivity index is 0.000000249. The van der Waals surface area contributed by atoms with Crippen LogP contribution in [0.2, 0.25) is 0 Å².